The van der Waals surface area contributed by atoms with E-state index in [9.17, 15) is 4.79 Å². The second-order valence-electron chi connectivity index (χ2n) is 2.55. The first-order chi connectivity index (χ1) is 6.11. The van der Waals surface area contributed by atoms with Crippen LogP contribution in [-0.4, -0.2) is 36.5 Å². The normalized spacial score (nSPS) is 9.38. The molecule has 0 aliphatic rings. The van der Waals surface area contributed by atoms with Gasteiger partial charge in [-0.1, -0.05) is 0 Å². The van der Waals surface area contributed by atoms with Crippen molar-refractivity contribution in [1.29, 1.82) is 5.41 Å². The summed E-state index contributed by atoms with van der Waals surface area (Å²) in [6.07, 6.45) is 0.0541. The molecule has 0 rings (SSSR count). The molecule has 0 heterocycles. The summed E-state index contributed by atoms with van der Waals surface area (Å²) in [6.45, 7) is 5.01. The van der Waals surface area contributed by atoms with Crippen molar-refractivity contribution >= 4 is 11.9 Å². The molecule has 0 fully saturated rings. The molecule has 13 heavy (non-hydrogen) atoms. The predicted octanol–water partition coefficient (Wildman–Crippen LogP) is 0.791. The molecule has 0 aliphatic carbocycles. The fourth-order valence-corrected chi connectivity index (χ4v) is 0.849. The van der Waals surface area contributed by atoms with Gasteiger partial charge in [0.2, 0.25) is 0 Å². The Morgan fingerprint density at radius 1 is 1.54 bits per heavy atom. The lowest BCUT2D eigenvalue weighted by Gasteiger charge is -2.19. The molecule has 76 valence electrons. The van der Waals surface area contributed by atoms with Crippen LogP contribution in [0.25, 0.3) is 0 Å². The van der Waals surface area contributed by atoms with Crippen LogP contribution in [0.1, 0.15) is 20.3 Å². The summed E-state index contributed by atoms with van der Waals surface area (Å²) in [5, 5.41) is 7.00. The van der Waals surface area contributed by atoms with Crippen molar-refractivity contribution < 1.29 is 9.53 Å². The van der Waals surface area contributed by atoms with E-state index in [1.807, 2.05) is 6.92 Å². The van der Waals surface area contributed by atoms with Crippen LogP contribution in [0.3, 0.4) is 0 Å². The first kappa shape index (κ1) is 11.7. The highest BCUT2D eigenvalue weighted by Gasteiger charge is 2.11. The minimum Gasteiger partial charge on any atom is -0.450 e. The van der Waals surface area contributed by atoms with Crippen LogP contribution in [-0.2, 0) is 4.74 Å². The highest BCUT2D eigenvalue weighted by molar-refractivity contribution is 5.77. The first-order valence-corrected chi connectivity index (χ1v) is 4.36. The van der Waals surface area contributed by atoms with Gasteiger partial charge in [-0.15, -0.1) is 0 Å². The highest BCUT2D eigenvalue weighted by Crippen LogP contribution is 1.95. The Bertz CT molecular complexity index is 182. The Labute approximate surface area is 78.4 Å². The van der Waals surface area contributed by atoms with E-state index < -0.39 is 0 Å². The third-order valence-corrected chi connectivity index (χ3v) is 1.56. The van der Waals surface area contributed by atoms with E-state index in [4.69, 9.17) is 15.9 Å². The zero-order chi connectivity index (χ0) is 10.3. The van der Waals surface area contributed by atoms with E-state index in [1.54, 1.807) is 6.92 Å². The molecule has 0 radical (unpaired) electrons. The molecule has 5 heteroatoms. The van der Waals surface area contributed by atoms with Crippen LogP contribution < -0.4 is 5.73 Å². The molecule has 0 spiro atoms. The average Bonchev–Trinajstić information content (AvgIpc) is 2.05. The molecule has 0 saturated carbocycles. The van der Waals surface area contributed by atoms with Crippen LogP contribution in [0.4, 0.5) is 4.79 Å². The molecular weight excluding hydrogens is 170 g/mol. The summed E-state index contributed by atoms with van der Waals surface area (Å²) in [4.78, 5) is 12.7. The van der Waals surface area contributed by atoms with Crippen molar-refractivity contribution in [3.05, 3.63) is 0 Å². The molecule has 0 aromatic carbocycles. The van der Waals surface area contributed by atoms with Crippen LogP contribution in [0.2, 0.25) is 0 Å². The Hall–Kier alpha value is -1.26. The molecule has 0 aromatic heterocycles. The Morgan fingerprint density at radius 2 is 2.15 bits per heavy atom. The number of carbonyl (C=O) groups excluding carboxylic acids is 1. The molecule has 0 aromatic rings. The lowest BCUT2D eigenvalue weighted by atomic mass is 10.3. The van der Waals surface area contributed by atoms with E-state index in [1.165, 1.54) is 4.90 Å². The van der Waals surface area contributed by atoms with Crippen molar-refractivity contribution in [2.24, 2.45) is 5.73 Å². The second-order valence-corrected chi connectivity index (χ2v) is 2.55. The number of amides is 1. The van der Waals surface area contributed by atoms with Gasteiger partial charge in [0.05, 0.1) is 12.4 Å². The van der Waals surface area contributed by atoms with E-state index >= 15 is 0 Å². The van der Waals surface area contributed by atoms with Crippen LogP contribution in [0, 0.1) is 5.41 Å². The number of nitrogens with one attached hydrogen (secondary N) is 1. The minimum absolute atomic E-state index is 0.0859. The van der Waals surface area contributed by atoms with Gasteiger partial charge in [0.25, 0.3) is 0 Å². The lowest BCUT2D eigenvalue weighted by molar-refractivity contribution is 0.110. The van der Waals surface area contributed by atoms with E-state index in [0.29, 0.717) is 26.1 Å². The molecule has 3 N–H and O–H groups in total. The van der Waals surface area contributed by atoms with Crippen LogP contribution in [0.15, 0.2) is 0 Å². The van der Waals surface area contributed by atoms with Gasteiger partial charge < -0.3 is 15.4 Å². The van der Waals surface area contributed by atoms with Gasteiger partial charge in [-0.25, -0.2) is 4.79 Å². The predicted molar refractivity (Wildman–Crippen MR) is 50.8 cm³/mol. The third-order valence-electron chi connectivity index (χ3n) is 1.56. The van der Waals surface area contributed by atoms with E-state index in [2.05, 4.69) is 0 Å². The van der Waals surface area contributed by atoms with Gasteiger partial charge in [-0.05, 0) is 13.8 Å². The third kappa shape index (κ3) is 5.05. The molecule has 0 saturated heterocycles. The number of nitrogens with two attached hydrogens (primary N) is 1. The Morgan fingerprint density at radius 3 is 2.54 bits per heavy atom. The van der Waals surface area contributed by atoms with Crippen molar-refractivity contribution in [1.82, 2.24) is 4.90 Å². The minimum atomic E-state index is -0.341. The van der Waals surface area contributed by atoms with E-state index in [-0.39, 0.29) is 11.9 Å². The van der Waals surface area contributed by atoms with Crippen LogP contribution >= 0.6 is 0 Å². The molecule has 0 aliphatic heterocycles. The lowest BCUT2D eigenvalue weighted by Crippen LogP contribution is -2.34. The van der Waals surface area contributed by atoms with Gasteiger partial charge in [0, 0.05) is 19.5 Å². The molecule has 5 nitrogen and oxygen atoms in total. The summed E-state index contributed by atoms with van der Waals surface area (Å²) >= 11 is 0. The second kappa shape index (κ2) is 6.28. The summed E-state index contributed by atoms with van der Waals surface area (Å²) < 4.78 is 4.80. The van der Waals surface area contributed by atoms with Crippen molar-refractivity contribution in [3.63, 3.8) is 0 Å². The molecule has 0 unspecified atom stereocenters. The summed E-state index contributed by atoms with van der Waals surface area (Å²) in [6, 6.07) is 0. The number of amidine groups is 1. The topological polar surface area (TPSA) is 79.4 Å². The maximum atomic E-state index is 11.2. The van der Waals surface area contributed by atoms with Gasteiger partial charge >= 0.3 is 6.09 Å². The zero-order valence-corrected chi connectivity index (χ0v) is 8.17. The number of ether oxygens (including phenoxy) is 1. The largest absolute Gasteiger partial charge is 0.450 e. The number of nitrogens with zero attached hydrogens (tertiary/aromatic N) is 1. The standard InChI is InChI=1S/C8H17N3O2/c1-3-11(6-5-7(9)10)8(12)13-4-2/h3-6H2,1-2H3,(H3,9,10). The maximum Gasteiger partial charge on any atom is 0.409 e. The average molecular weight is 187 g/mol. The first-order valence-electron chi connectivity index (χ1n) is 4.36. The Balaban J connectivity index is 3.87. The zero-order valence-electron chi connectivity index (χ0n) is 8.17. The van der Waals surface area contributed by atoms with Crippen molar-refractivity contribution in [3.8, 4) is 0 Å². The maximum absolute atomic E-state index is 11.2. The smallest absolute Gasteiger partial charge is 0.409 e. The highest BCUT2D eigenvalue weighted by atomic mass is 16.6. The van der Waals surface area contributed by atoms with Gasteiger partial charge in [-0.3, -0.25) is 5.41 Å². The fourth-order valence-electron chi connectivity index (χ4n) is 0.849. The quantitative estimate of drug-likeness (QED) is 0.493. The number of carbonyl (C=O) groups is 1. The summed E-state index contributed by atoms with van der Waals surface area (Å²) in [7, 11) is 0. The van der Waals surface area contributed by atoms with Gasteiger partial charge in [-0.2, -0.15) is 0 Å². The van der Waals surface area contributed by atoms with Gasteiger partial charge in [0.15, 0.2) is 0 Å². The van der Waals surface area contributed by atoms with Crippen molar-refractivity contribution in [2.75, 3.05) is 19.7 Å². The van der Waals surface area contributed by atoms with Crippen LogP contribution in [0.5, 0.6) is 0 Å². The molecule has 1 amide bonds. The fraction of sp³-hybridized carbons (Fsp3) is 0.750. The molecule has 0 atom stereocenters. The SMILES string of the molecule is CCOC(=O)N(CC)CCC(=N)N. The number of hydrogen-bond acceptors (Lipinski definition) is 3. The van der Waals surface area contributed by atoms with Gasteiger partial charge in [0.1, 0.15) is 0 Å². The number of hydrogen-bond donors (Lipinski definition) is 2. The van der Waals surface area contributed by atoms with E-state index in [0.717, 1.165) is 0 Å². The Kier molecular flexibility index (Phi) is 5.67. The number of rotatable bonds is 5. The van der Waals surface area contributed by atoms with Crippen molar-refractivity contribution in [2.45, 2.75) is 20.3 Å². The monoisotopic (exact) mass is 187 g/mol. The summed E-state index contributed by atoms with van der Waals surface area (Å²) in [5.74, 6) is 0.0859. The molecular formula is C8H17N3O2. The molecule has 0 bridgehead atoms. The summed E-state index contributed by atoms with van der Waals surface area (Å²) in [5.41, 5.74) is 5.17.